The average Bonchev–Trinajstić information content (AvgIpc) is 3.30. The lowest BCUT2D eigenvalue weighted by atomic mass is 9.92. The molecule has 28 heavy (non-hydrogen) atoms. The Labute approximate surface area is 167 Å². The molecule has 1 fully saturated rings. The lowest BCUT2D eigenvalue weighted by Crippen LogP contribution is -2.41. The Morgan fingerprint density at radius 1 is 1.25 bits per heavy atom. The van der Waals surface area contributed by atoms with E-state index in [1.165, 1.54) is 16.0 Å². The second-order valence-electron chi connectivity index (χ2n) is 8.32. The van der Waals surface area contributed by atoms with Crippen molar-refractivity contribution in [3.8, 4) is 0 Å². The van der Waals surface area contributed by atoms with Gasteiger partial charge in [-0.15, -0.1) is 11.3 Å². The molecular formula is C21H24N4O2S. The molecule has 0 spiro atoms. The number of fused-ring (bicyclic) bond motifs is 1. The van der Waals surface area contributed by atoms with Crippen molar-refractivity contribution >= 4 is 27.5 Å². The van der Waals surface area contributed by atoms with Crippen LogP contribution in [0.2, 0.25) is 0 Å². The number of aromatic nitrogens is 3. The third-order valence-corrected chi connectivity index (χ3v) is 6.03. The van der Waals surface area contributed by atoms with Crippen molar-refractivity contribution in [3.63, 3.8) is 0 Å². The van der Waals surface area contributed by atoms with Gasteiger partial charge in [-0.25, -0.2) is 9.67 Å². The van der Waals surface area contributed by atoms with Gasteiger partial charge in [0, 0.05) is 23.6 Å². The minimum Gasteiger partial charge on any atom is -0.334 e. The quantitative estimate of drug-likeness (QED) is 0.680. The fraction of sp³-hybridized carbons (Fsp3) is 0.429. The third-order valence-electron chi connectivity index (χ3n) is 5.23. The molecule has 1 aliphatic heterocycles. The van der Waals surface area contributed by atoms with Crippen LogP contribution in [0.1, 0.15) is 49.7 Å². The Hall–Kier alpha value is -2.54. The summed E-state index contributed by atoms with van der Waals surface area (Å²) in [7, 11) is 0. The van der Waals surface area contributed by atoms with Crippen molar-refractivity contribution in [1.82, 2.24) is 19.7 Å². The van der Waals surface area contributed by atoms with Gasteiger partial charge in [0.05, 0.1) is 34.0 Å². The van der Waals surface area contributed by atoms with Crippen LogP contribution in [0.25, 0.3) is 10.2 Å². The number of hydrogen-bond donors (Lipinski definition) is 0. The minimum absolute atomic E-state index is 0.0119. The maximum atomic E-state index is 13.1. The summed E-state index contributed by atoms with van der Waals surface area (Å²) in [6, 6.07) is 8.99. The molecule has 1 aliphatic rings. The SMILES string of the molecule is CC(C)(C)c1ccc(=O)n(CC2CCCN2C(=O)c2ccc3ncsc3c2)n1. The van der Waals surface area contributed by atoms with Crippen LogP contribution in [0.15, 0.2) is 40.6 Å². The molecule has 3 heterocycles. The third kappa shape index (κ3) is 3.58. The van der Waals surface area contributed by atoms with Crippen molar-refractivity contribution in [2.75, 3.05) is 6.54 Å². The van der Waals surface area contributed by atoms with Crippen LogP contribution < -0.4 is 5.56 Å². The van der Waals surface area contributed by atoms with Gasteiger partial charge in [-0.2, -0.15) is 5.10 Å². The lowest BCUT2D eigenvalue weighted by molar-refractivity contribution is 0.0720. The number of thiazole rings is 1. The van der Waals surface area contributed by atoms with Crippen LogP contribution in [0, 0.1) is 0 Å². The smallest absolute Gasteiger partial charge is 0.266 e. The largest absolute Gasteiger partial charge is 0.334 e. The highest BCUT2D eigenvalue weighted by molar-refractivity contribution is 7.16. The predicted octanol–water partition coefficient (Wildman–Crippen LogP) is 3.46. The lowest BCUT2D eigenvalue weighted by Gasteiger charge is -2.26. The van der Waals surface area contributed by atoms with E-state index in [1.807, 2.05) is 23.1 Å². The Morgan fingerprint density at radius 3 is 2.86 bits per heavy atom. The molecule has 0 aliphatic carbocycles. The first kappa shape index (κ1) is 18.8. The molecule has 1 saturated heterocycles. The van der Waals surface area contributed by atoms with E-state index < -0.39 is 0 Å². The van der Waals surface area contributed by atoms with Crippen LogP contribution >= 0.6 is 11.3 Å². The van der Waals surface area contributed by atoms with Gasteiger partial charge < -0.3 is 4.90 Å². The summed E-state index contributed by atoms with van der Waals surface area (Å²) in [5.41, 5.74) is 3.99. The topological polar surface area (TPSA) is 68.1 Å². The summed E-state index contributed by atoms with van der Waals surface area (Å²) in [6.07, 6.45) is 1.81. The molecule has 2 aromatic heterocycles. The average molecular weight is 397 g/mol. The zero-order valence-electron chi connectivity index (χ0n) is 16.4. The number of hydrogen-bond acceptors (Lipinski definition) is 5. The molecule has 6 nitrogen and oxygen atoms in total. The number of carbonyl (C=O) groups is 1. The van der Waals surface area contributed by atoms with E-state index >= 15 is 0 Å². The van der Waals surface area contributed by atoms with E-state index in [2.05, 4.69) is 30.9 Å². The molecule has 146 valence electrons. The Kier molecular flexibility index (Phi) is 4.79. The fourth-order valence-electron chi connectivity index (χ4n) is 3.63. The van der Waals surface area contributed by atoms with Crippen molar-refractivity contribution in [2.24, 2.45) is 0 Å². The Morgan fingerprint density at radius 2 is 2.07 bits per heavy atom. The van der Waals surface area contributed by atoms with Crippen LogP contribution in [0.4, 0.5) is 0 Å². The molecule has 1 atom stereocenters. The number of likely N-dealkylation sites (tertiary alicyclic amines) is 1. The van der Waals surface area contributed by atoms with Crippen molar-refractivity contribution in [1.29, 1.82) is 0 Å². The van der Waals surface area contributed by atoms with E-state index in [-0.39, 0.29) is 22.9 Å². The molecule has 0 radical (unpaired) electrons. The van der Waals surface area contributed by atoms with E-state index in [1.54, 1.807) is 17.6 Å². The van der Waals surface area contributed by atoms with Gasteiger partial charge in [-0.3, -0.25) is 9.59 Å². The Bertz CT molecular complexity index is 1080. The molecule has 4 rings (SSSR count). The van der Waals surface area contributed by atoms with E-state index in [4.69, 9.17) is 0 Å². The van der Waals surface area contributed by atoms with Crippen molar-refractivity contribution in [2.45, 2.75) is 51.6 Å². The number of carbonyl (C=O) groups excluding carboxylic acids is 1. The Balaban J connectivity index is 1.58. The highest BCUT2D eigenvalue weighted by atomic mass is 32.1. The first-order chi connectivity index (χ1) is 13.3. The van der Waals surface area contributed by atoms with Gasteiger partial charge in [0.25, 0.3) is 11.5 Å². The summed E-state index contributed by atoms with van der Waals surface area (Å²) in [6.45, 7) is 7.36. The first-order valence-corrected chi connectivity index (χ1v) is 10.4. The van der Waals surface area contributed by atoms with E-state index in [9.17, 15) is 9.59 Å². The number of amides is 1. The highest BCUT2D eigenvalue weighted by Crippen LogP contribution is 2.25. The molecule has 1 aromatic carbocycles. The summed E-state index contributed by atoms with van der Waals surface area (Å²) < 4.78 is 2.53. The second-order valence-corrected chi connectivity index (χ2v) is 9.20. The number of nitrogens with zero attached hydrogens (tertiary/aromatic N) is 4. The monoisotopic (exact) mass is 396 g/mol. The molecule has 3 aromatic rings. The van der Waals surface area contributed by atoms with Gasteiger partial charge >= 0.3 is 0 Å². The fourth-order valence-corrected chi connectivity index (χ4v) is 4.34. The molecule has 7 heteroatoms. The number of rotatable bonds is 3. The van der Waals surface area contributed by atoms with E-state index in [0.29, 0.717) is 18.7 Å². The summed E-state index contributed by atoms with van der Waals surface area (Å²) in [4.78, 5) is 31.6. The molecule has 0 bridgehead atoms. The maximum absolute atomic E-state index is 13.1. The summed E-state index contributed by atoms with van der Waals surface area (Å²) in [5.74, 6) is 0.0119. The zero-order valence-corrected chi connectivity index (χ0v) is 17.2. The van der Waals surface area contributed by atoms with Crippen LogP contribution in [-0.2, 0) is 12.0 Å². The van der Waals surface area contributed by atoms with E-state index in [0.717, 1.165) is 28.8 Å². The highest BCUT2D eigenvalue weighted by Gasteiger charge is 2.30. The molecule has 0 saturated carbocycles. The van der Waals surface area contributed by atoms with Crippen molar-refractivity contribution < 1.29 is 4.79 Å². The number of benzene rings is 1. The molecule has 0 N–H and O–H groups in total. The molecular weight excluding hydrogens is 372 g/mol. The first-order valence-electron chi connectivity index (χ1n) is 9.56. The minimum atomic E-state index is -0.134. The van der Waals surface area contributed by atoms with Crippen LogP contribution in [0.5, 0.6) is 0 Å². The van der Waals surface area contributed by atoms with Crippen LogP contribution in [-0.4, -0.2) is 38.2 Å². The maximum Gasteiger partial charge on any atom is 0.266 e. The summed E-state index contributed by atoms with van der Waals surface area (Å²) >= 11 is 1.53. The molecule has 1 amide bonds. The predicted molar refractivity (Wildman–Crippen MR) is 111 cm³/mol. The van der Waals surface area contributed by atoms with Gasteiger partial charge in [-0.1, -0.05) is 20.8 Å². The second kappa shape index (κ2) is 7.13. The van der Waals surface area contributed by atoms with Gasteiger partial charge in [0.1, 0.15) is 0 Å². The van der Waals surface area contributed by atoms with Gasteiger partial charge in [-0.05, 0) is 37.1 Å². The summed E-state index contributed by atoms with van der Waals surface area (Å²) in [5, 5.41) is 4.57. The normalized spacial score (nSPS) is 17.4. The standard InChI is InChI=1S/C21H24N4O2S/c1-21(2,3)18-8-9-19(26)25(23-18)12-15-5-4-10-24(15)20(27)14-6-7-16-17(11-14)28-13-22-16/h6-9,11,13,15H,4-5,10,12H2,1-3H3. The zero-order chi connectivity index (χ0) is 19.9. The van der Waals surface area contributed by atoms with Gasteiger partial charge in [0.15, 0.2) is 0 Å². The van der Waals surface area contributed by atoms with Crippen molar-refractivity contribution in [3.05, 3.63) is 57.5 Å². The molecule has 1 unspecified atom stereocenters. The van der Waals surface area contributed by atoms with Crippen LogP contribution in [0.3, 0.4) is 0 Å². The van der Waals surface area contributed by atoms with Gasteiger partial charge in [0.2, 0.25) is 0 Å².